The number of carbonyl (C=O) groups is 1. The zero-order chi connectivity index (χ0) is 13.1. The van der Waals surface area contributed by atoms with E-state index in [0.717, 1.165) is 25.7 Å². The average Bonchev–Trinajstić information content (AvgIpc) is 2.27. The van der Waals surface area contributed by atoms with Crippen LogP contribution in [0.2, 0.25) is 0 Å². The number of hydrogen-bond donors (Lipinski definition) is 1. The van der Waals surface area contributed by atoms with Gasteiger partial charge in [-0.05, 0) is 37.5 Å². The normalized spacial score (nSPS) is 20.9. The van der Waals surface area contributed by atoms with E-state index >= 15 is 0 Å². The number of carbonyl (C=O) groups excluding carboxylic acids is 1. The van der Waals surface area contributed by atoms with Gasteiger partial charge < -0.3 is 10.6 Å². The summed E-state index contributed by atoms with van der Waals surface area (Å²) in [6.07, 6.45) is 6.42. The summed E-state index contributed by atoms with van der Waals surface area (Å²) in [4.78, 5) is 14.0. The van der Waals surface area contributed by atoms with E-state index < -0.39 is 0 Å². The first-order chi connectivity index (χ1) is 7.87. The molecule has 108 valence electrons. The van der Waals surface area contributed by atoms with Crippen molar-refractivity contribution in [2.24, 2.45) is 11.1 Å². The Morgan fingerprint density at radius 1 is 1.39 bits per heavy atom. The number of nitrogens with two attached hydrogens (primary N) is 1. The van der Waals surface area contributed by atoms with Crippen molar-refractivity contribution in [3.8, 4) is 0 Å². The molecule has 0 aromatic heterocycles. The summed E-state index contributed by atoms with van der Waals surface area (Å²) in [6, 6.07) is 0.0957. The lowest BCUT2D eigenvalue weighted by molar-refractivity contribution is -0.134. The molecule has 0 aromatic rings. The van der Waals surface area contributed by atoms with Gasteiger partial charge in [-0.1, -0.05) is 27.2 Å². The fourth-order valence-electron chi connectivity index (χ4n) is 2.65. The molecule has 1 rings (SSSR count). The van der Waals surface area contributed by atoms with Crippen LogP contribution in [0.15, 0.2) is 0 Å². The van der Waals surface area contributed by atoms with Gasteiger partial charge in [0.25, 0.3) is 0 Å². The van der Waals surface area contributed by atoms with Crippen molar-refractivity contribution in [3.63, 3.8) is 0 Å². The highest BCUT2D eigenvalue weighted by Gasteiger charge is 2.31. The van der Waals surface area contributed by atoms with Crippen molar-refractivity contribution in [2.75, 3.05) is 7.05 Å². The third kappa shape index (κ3) is 4.77. The highest BCUT2D eigenvalue weighted by atomic mass is 35.5. The van der Waals surface area contributed by atoms with Crippen LogP contribution >= 0.6 is 12.4 Å². The van der Waals surface area contributed by atoms with Crippen molar-refractivity contribution in [1.29, 1.82) is 0 Å². The van der Waals surface area contributed by atoms with Crippen LogP contribution in [0.1, 0.15) is 59.3 Å². The Morgan fingerprint density at radius 3 is 2.33 bits per heavy atom. The first-order valence-corrected chi connectivity index (χ1v) is 6.89. The van der Waals surface area contributed by atoms with E-state index in [1.54, 1.807) is 0 Å². The van der Waals surface area contributed by atoms with E-state index in [0.29, 0.717) is 11.5 Å². The smallest absolute Gasteiger partial charge is 0.239 e. The van der Waals surface area contributed by atoms with Crippen LogP contribution in [0.4, 0.5) is 0 Å². The molecule has 0 radical (unpaired) electrons. The van der Waals surface area contributed by atoms with Crippen molar-refractivity contribution < 1.29 is 4.79 Å². The van der Waals surface area contributed by atoms with Gasteiger partial charge in [0, 0.05) is 13.1 Å². The predicted octanol–water partition coefficient (Wildman–Crippen LogP) is 2.96. The van der Waals surface area contributed by atoms with E-state index in [2.05, 4.69) is 20.8 Å². The summed E-state index contributed by atoms with van der Waals surface area (Å²) in [6.45, 7) is 6.69. The molecule has 2 N–H and O–H groups in total. The van der Waals surface area contributed by atoms with Crippen LogP contribution in [-0.4, -0.2) is 29.9 Å². The first kappa shape index (κ1) is 17.7. The Balaban J connectivity index is 0.00000289. The van der Waals surface area contributed by atoms with E-state index in [-0.39, 0.29) is 24.4 Å². The standard InChI is InChI=1S/C14H28N2O.ClH/c1-5-6-12(15)13(17)16(4)11-7-9-14(2,3)10-8-11;/h11-12H,5-10,15H2,1-4H3;1H. The molecule has 3 nitrogen and oxygen atoms in total. The SMILES string of the molecule is CCCC(N)C(=O)N(C)C1CCC(C)(C)CC1.Cl. The molecule has 1 unspecified atom stereocenters. The van der Waals surface area contributed by atoms with Crippen molar-refractivity contribution in [1.82, 2.24) is 4.90 Å². The Labute approximate surface area is 118 Å². The van der Waals surface area contributed by atoms with Gasteiger partial charge in [0.05, 0.1) is 6.04 Å². The molecule has 1 amide bonds. The van der Waals surface area contributed by atoms with Crippen LogP contribution < -0.4 is 5.73 Å². The Morgan fingerprint density at radius 2 is 1.89 bits per heavy atom. The minimum Gasteiger partial charge on any atom is -0.341 e. The Hall–Kier alpha value is -0.280. The van der Waals surface area contributed by atoms with Gasteiger partial charge in [-0.2, -0.15) is 0 Å². The molecule has 1 atom stereocenters. The zero-order valence-electron chi connectivity index (χ0n) is 12.2. The molecule has 4 heteroatoms. The number of amides is 1. The third-order valence-electron chi connectivity index (χ3n) is 4.12. The molecule has 0 saturated heterocycles. The summed E-state index contributed by atoms with van der Waals surface area (Å²) < 4.78 is 0. The van der Waals surface area contributed by atoms with E-state index in [9.17, 15) is 4.79 Å². The summed E-state index contributed by atoms with van der Waals surface area (Å²) in [5, 5.41) is 0. The minimum absolute atomic E-state index is 0. The lowest BCUT2D eigenvalue weighted by atomic mass is 9.75. The highest BCUT2D eigenvalue weighted by Crippen LogP contribution is 2.36. The second-order valence-corrected chi connectivity index (χ2v) is 6.24. The molecule has 0 bridgehead atoms. The molecule has 0 aliphatic heterocycles. The van der Waals surface area contributed by atoms with E-state index in [1.807, 2.05) is 11.9 Å². The van der Waals surface area contributed by atoms with Crippen LogP contribution in [0.3, 0.4) is 0 Å². The van der Waals surface area contributed by atoms with Gasteiger partial charge in [-0.25, -0.2) is 0 Å². The first-order valence-electron chi connectivity index (χ1n) is 6.89. The molecule has 1 saturated carbocycles. The number of rotatable bonds is 4. The van der Waals surface area contributed by atoms with Gasteiger partial charge in [0.15, 0.2) is 0 Å². The third-order valence-corrected chi connectivity index (χ3v) is 4.12. The summed E-state index contributed by atoms with van der Waals surface area (Å²) >= 11 is 0. The van der Waals surface area contributed by atoms with Crippen LogP contribution in [0, 0.1) is 5.41 Å². The largest absolute Gasteiger partial charge is 0.341 e. The minimum atomic E-state index is -0.306. The van der Waals surface area contributed by atoms with Gasteiger partial charge >= 0.3 is 0 Å². The van der Waals surface area contributed by atoms with Crippen LogP contribution in [-0.2, 0) is 4.79 Å². The van der Waals surface area contributed by atoms with Crippen molar-refractivity contribution in [3.05, 3.63) is 0 Å². The van der Waals surface area contributed by atoms with Gasteiger partial charge in [-0.15, -0.1) is 12.4 Å². The number of nitrogens with zero attached hydrogens (tertiary/aromatic N) is 1. The van der Waals surface area contributed by atoms with Crippen molar-refractivity contribution in [2.45, 2.75) is 71.4 Å². The van der Waals surface area contributed by atoms with Gasteiger partial charge in [0.1, 0.15) is 0 Å². The highest BCUT2D eigenvalue weighted by molar-refractivity contribution is 5.85. The Bertz CT molecular complexity index is 259. The van der Waals surface area contributed by atoms with Crippen LogP contribution in [0.25, 0.3) is 0 Å². The second-order valence-electron chi connectivity index (χ2n) is 6.24. The van der Waals surface area contributed by atoms with E-state index in [1.165, 1.54) is 12.8 Å². The second kappa shape index (κ2) is 7.34. The molecular formula is C14H29ClN2O. The van der Waals surface area contributed by atoms with Gasteiger partial charge in [-0.3, -0.25) is 4.79 Å². The molecular weight excluding hydrogens is 248 g/mol. The molecule has 1 aliphatic carbocycles. The monoisotopic (exact) mass is 276 g/mol. The molecule has 18 heavy (non-hydrogen) atoms. The summed E-state index contributed by atoms with van der Waals surface area (Å²) in [5.41, 5.74) is 6.35. The zero-order valence-corrected chi connectivity index (χ0v) is 13.1. The fraction of sp³-hybridized carbons (Fsp3) is 0.929. The maximum atomic E-state index is 12.1. The molecule has 1 aliphatic rings. The quantitative estimate of drug-likeness (QED) is 0.858. The molecule has 0 spiro atoms. The maximum absolute atomic E-state index is 12.1. The summed E-state index contributed by atoms with van der Waals surface area (Å²) in [7, 11) is 1.92. The number of halogens is 1. The fourth-order valence-corrected chi connectivity index (χ4v) is 2.65. The summed E-state index contributed by atoms with van der Waals surface area (Å²) in [5.74, 6) is 0.122. The van der Waals surface area contributed by atoms with Crippen molar-refractivity contribution >= 4 is 18.3 Å². The maximum Gasteiger partial charge on any atom is 0.239 e. The lowest BCUT2D eigenvalue weighted by Crippen LogP contribution is -2.48. The lowest BCUT2D eigenvalue weighted by Gasteiger charge is -2.39. The Kier molecular flexibility index (Phi) is 7.23. The van der Waals surface area contributed by atoms with E-state index in [4.69, 9.17) is 5.73 Å². The molecule has 1 fully saturated rings. The van der Waals surface area contributed by atoms with Gasteiger partial charge in [0.2, 0.25) is 5.91 Å². The molecule has 0 aromatic carbocycles. The topological polar surface area (TPSA) is 46.3 Å². The molecule has 0 heterocycles. The van der Waals surface area contributed by atoms with Crippen LogP contribution in [0.5, 0.6) is 0 Å². The average molecular weight is 277 g/mol. The predicted molar refractivity (Wildman–Crippen MR) is 78.9 cm³/mol. The number of hydrogen-bond acceptors (Lipinski definition) is 2. The number of likely N-dealkylation sites (N-methyl/N-ethyl adjacent to an activating group) is 1.